The lowest BCUT2D eigenvalue weighted by molar-refractivity contribution is -0.164. The third kappa shape index (κ3) is 10.8. The van der Waals surface area contributed by atoms with Gasteiger partial charge in [0.2, 0.25) is 0 Å². The summed E-state index contributed by atoms with van der Waals surface area (Å²) < 4.78 is 21.2. The molecule has 1 aromatic carbocycles. The van der Waals surface area contributed by atoms with Crippen molar-refractivity contribution in [1.82, 2.24) is 0 Å². The third-order valence-electron chi connectivity index (χ3n) is 4.68. The van der Waals surface area contributed by atoms with E-state index in [0.29, 0.717) is 5.56 Å². The zero-order valence-corrected chi connectivity index (χ0v) is 21.1. The van der Waals surface area contributed by atoms with E-state index in [1.54, 1.807) is 19.9 Å². The molecule has 0 unspecified atom stereocenters. The smallest absolute Gasteiger partial charge is 0.323 e. The predicted octanol–water partition coefficient (Wildman–Crippen LogP) is 3.34. The predicted molar refractivity (Wildman–Crippen MR) is 125 cm³/mol. The van der Waals surface area contributed by atoms with Crippen molar-refractivity contribution in [2.24, 2.45) is 17.6 Å². The standard InChI is InChI=1S/C25H37NO8/c1-14(2)10-23(28)33-21-9-8-19(13-22(21)34-24(29)11-15(3)4)12-20(26)25(30)32-17(6)16(5)31-18(7)27/h8-9,13-17,20H,10-12,26H2,1-7H3/t16-,17-,20-/m0/s1. The van der Waals surface area contributed by atoms with E-state index < -0.39 is 42.1 Å². The minimum atomic E-state index is -1.01. The molecule has 0 aliphatic carbocycles. The van der Waals surface area contributed by atoms with Crippen molar-refractivity contribution in [3.05, 3.63) is 23.8 Å². The summed E-state index contributed by atoms with van der Waals surface area (Å²) in [6.45, 7) is 12.0. The quantitative estimate of drug-likeness (QED) is 0.354. The van der Waals surface area contributed by atoms with E-state index in [1.807, 2.05) is 27.7 Å². The van der Waals surface area contributed by atoms with Crippen LogP contribution in [0.2, 0.25) is 0 Å². The van der Waals surface area contributed by atoms with E-state index in [0.717, 1.165) is 0 Å². The summed E-state index contributed by atoms with van der Waals surface area (Å²) in [7, 11) is 0. The van der Waals surface area contributed by atoms with E-state index in [2.05, 4.69) is 0 Å². The number of esters is 4. The van der Waals surface area contributed by atoms with Crippen LogP contribution in [0.15, 0.2) is 18.2 Å². The highest BCUT2D eigenvalue weighted by Gasteiger charge is 2.24. The first-order valence-corrected chi connectivity index (χ1v) is 11.5. The number of nitrogens with two attached hydrogens (primary N) is 1. The third-order valence-corrected chi connectivity index (χ3v) is 4.68. The highest BCUT2D eigenvalue weighted by molar-refractivity contribution is 5.77. The number of rotatable bonds is 12. The fourth-order valence-electron chi connectivity index (χ4n) is 2.90. The number of benzene rings is 1. The van der Waals surface area contributed by atoms with Gasteiger partial charge in [0.15, 0.2) is 11.5 Å². The monoisotopic (exact) mass is 479 g/mol. The van der Waals surface area contributed by atoms with Crippen molar-refractivity contribution < 1.29 is 38.1 Å². The largest absolute Gasteiger partial charge is 0.459 e. The zero-order valence-electron chi connectivity index (χ0n) is 21.1. The molecule has 0 saturated carbocycles. The molecular weight excluding hydrogens is 442 g/mol. The minimum Gasteiger partial charge on any atom is -0.459 e. The molecule has 0 bridgehead atoms. The topological polar surface area (TPSA) is 131 Å². The van der Waals surface area contributed by atoms with E-state index >= 15 is 0 Å². The SMILES string of the molecule is CC(=O)O[C@@H](C)[C@H](C)OC(=O)[C@@H](N)Cc1ccc(OC(=O)CC(C)C)c(OC(=O)CC(C)C)c1. The number of hydrogen-bond acceptors (Lipinski definition) is 9. The number of carbonyl (C=O) groups is 4. The Morgan fingerprint density at radius 3 is 1.79 bits per heavy atom. The van der Waals surface area contributed by atoms with Gasteiger partial charge in [-0.15, -0.1) is 0 Å². The molecule has 0 spiro atoms. The molecule has 2 N–H and O–H groups in total. The van der Waals surface area contributed by atoms with Gasteiger partial charge in [-0.3, -0.25) is 19.2 Å². The second-order valence-electron chi connectivity index (χ2n) is 9.19. The first-order chi connectivity index (χ1) is 15.8. The Balaban J connectivity index is 2.97. The summed E-state index contributed by atoms with van der Waals surface area (Å²) in [5.74, 6) is -1.67. The lowest BCUT2D eigenvalue weighted by Gasteiger charge is -2.22. The molecule has 0 radical (unpaired) electrons. The van der Waals surface area contributed by atoms with Crippen molar-refractivity contribution in [1.29, 1.82) is 0 Å². The molecule has 1 rings (SSSR count). The molecule has 0 heterocycles. The van der Waals surface area contributed by atoms with Crippen LogP contribution in [-0.2, 0) is 35.1 Å². The summed E-state index contributed by atoms with van der Waals surface area (Å²) >= 11 is 0. The Bertz CT molecular complexity index is 864. The Kier molecular flexibility index (Phi) is 11.7. The minimum absolute atomic E-state index is 0.0812. The maximum atomic E-state index is 12.4. The molecule has 190 valence electrons. The van der Waals surface area contributed by atoms with Crippen LogP contribution in [0.25, 0.3) is 0 Å². The second-order valence-corrected chi connectivity index (χ2v) is 9.19. The maximum absolute atomic E-state index is 12.4. The first kappa shape index (κ1) is 29.1. The summed E-state index contributed by atoms with van der Waals surface area (Å²) in [5, 5.41) is 0. The van der Waals surface area contributed by atoms with Gasteiger partial charge in [-0.05, 0) is 49.8 Å². The van der Waals surface area contributed by atoms with E-state index in [9.17, 15) is 19.2 Å². The van der Waals surface area contributed by atoms with Gasteiger partial charge in [0.25, 0.3) is 0 Å². The molecule has 34 heavy (non-hydrogen) atoms. The molecule has 0 aliphatic heterocycles. The van der Waals surface area contributed by atoms with Gasteiger partial charge in [0, 0.05) is 19.8 Å². The highest BCUT2D eigenvalue weighted by Crippen LogP contribution is 2.30. The van der Waals surface area contributed by atoms with Gasteiger partial charge >= 0.3 is 23.9 Å². The van der Waals surface area contributed by atoms with Gasteiger partial charge in [-0.2, -0.15) is 0 Å². The summed E-state index contributed by atoms with van der Waals surface area (Å²) in [6, 6.07) is 3.65. The highest BCUT2D eigenvalue weighted by atomic mass is 16.6. The van der Waals surface area contributed by atoms with Crippen LogP contribution in [-0.4, -0.2) is 42.1 Å². The molecule has 9 nitrogen and oxygen atoms in total. The average molecular weight is 480 g/mol. The van der Waals surface area contributed by atoms with Crippen LogP contribution in [0.1, 0.15) is 66.9 Å². The first-order valence-electron chi connectivity index (χ1n) is 11.5. The molecule has 0 saturated heterocycles. The zero-order chi connectivity index (χ0) is 26.0. The van der Waals surface area contributed by atoms with Gasteiger partial charge in [-0.25, -0.2) is 0 Å². The van der Waals surface area contributed by atoms with Crippen LogP contribution in [0, 0.1) is 11.8 Å². The summed E-state index contributed by atoms with van der Waals surface area (Å²) in [5.41, 5.74) is 6.60. The van der Waals surface area contributed by atoms with E-state index in [4.69, 9.17) is 24.7 Å². The van der Waals surface area contributed by atoms with Crippen molar-refractivity contribution in [2.75, 3.05) is 0 Å². The van der Waals surface area contributed by atoms with Gasteiger partial charge in [0.05, 0.1) is 0 Å². The fraction of sp³-hybridized carbons (Fsp3) is 0.600. The second kappa shape index (κ2) is 13.7. The average Bonchev–Trinajstić information content (AvgIpc) is 2.67. The van der Waals surface area contributed by atoms with Crippen LogP contribution in [0.5, 0.6) is 11.5 Å². The number of carbonyl (C=O) groups excluding carboxylic acids is 4. The molecule has 0 fully saturated rings. The molecule has 1 aromatic rings. The van der Waals surface area contributed by atoms with Crippen molar-refractivity contribution in [2.45, 2.75) is 86.0 Å². The number of hydrogen-bond donors (Lipinski definition) is 1. The lowest BCUT2D eigenvalue weighted by Crippen LogP contribution is -2.39. The van der Waals surface area contributed by atoms with Crippen LogP contribution < -0.4 is 15.2 Å². The molecule has 3 atom stereocenters. The molecular formula is C25H37NO8. The van der Waals surface area contributed by atoms with Crippen LogP contribution >= 0.6 is 0 Å². The maximum Gasteiger partial charge on any atom is 0.323 e. The molecule has 0 amide bonds. The van der Waals surface area contributed by atoms with Crippen molar-refractivity contribution in [3.63, 3.8) is 0 Å². The molecule has 9 heteroatoms. The number of ether oxygens (including phenoxy) is 4. The Hall–Kier alpha value is -2.94. The van der Waals surface area contributed by atoms with Crippen LogP contribution in [0.3, 0.4) is 0 Å². The summed E-state index contributed by atoms with van der Waals surface area (Å²) in [4.78, 5) is 47.9. The summed E-state index contributed by atoms with van der Waals surface area (Å²) in [6.07, 6.45) is -0.823. The molecule has 0 aliphatic rings. The van der Waals surface area contributed by atoms with Gasteiger partial charge in [0.1, 0.15) is 18.2 Å². The lowest BCUT2D eigenvalue weighted by atomic mass is 10.1. The Labute approximate surface area is 201 Å². The van der Waals surface area contributed by atoms with E-state index in [1.165, 1.54) is 19.1 Å². The van der Waals surface area contributed by atoms with Gasteiger partial charge < -0.3 is 24.7 Å². The fourth-order valence-corrected chi connectivity index (χ4v) is 2.90. The van der Waals surface area contributed by atoms with Crippen LogP contribution in [0.4, 0.5) is 0 Å². The van der Waals surface area contributed by atoms with E-state index in [-0.39, 0.29) is 42.6 Å². The Morgan fingerprint density at radius 1 is 0.794 bits per heavy atom. The van der Waals surface area contributed by atoms with Crippen molar-refractivity contribution >= 4 is 23.9 Å². The normalized spacial score (nSPS) is 13.7. The molecule has 0 aromatic heterocycles. The van der Waals surface area contributed by atoms with Crippen molar-refractivity contribution in [3.8, 4) is 11.5 Å². The van der Waals surface area contributed by atoms with Gasteiger partial charge in [-0.1, -0.05) is 33.8 Å². The Morgan fingerprint density at radius 2 is 1.29 bits per heavy atom.